The van der Waals surface area contributed by atoms with Crippen molar-refractivity contribution in [3.8, 4) is 0 Å². The summed E-state index contributed by atoms with van der Waals surface area (Å²) in [6, 6.07) is 0. The Morgan fingerprint density at radius 3 is 2.60 bits per heavy atom. The molecule has 0 unspecified atom stereocenters. The van der Waals surface area contributed by atoms with Crippen LogP contribution in [-0.2, 0) is 9.47 Å². The molecule has 3 nitrogen and oxygen atoms in total. The number of hydrogen-bond donors (Lipinski definition) is 0. The van der Waals surface area contributed by atoms with Crippen LogP contribution < -0.4 is 0 Å². The van der Waals surface area contributed by atoms with Crippen LogP contribution in [0.25, 0.3) is 0 Å². The van der Waals surface area contributed by atoms with Crippen molar-refractivity contribution < 1.29 is 9.47 Å². The van der Waals surface area contributed by atoms with Crippen LogP contribution in [-0.4, -0.2) is 19.9 Å². The molecule has 1 heterocycles. The Labute approximate surface area is 59.7 Å². The second-order valence-electron chi connectivity index (χ2n) is 1.73. The predicted octanol–water partition coefficient (Wildman–Crippen LogP) is 1.09. The van der Waals surface area contributed by atoms with Gasteiger partial charge in [0.1, 0.15) is 13.2 Å². The molecule has 0 aliphatic carbocycles. The minimum absolute atomic E-state index is 0.432. The highest BCUT2D eigenvalue weighted by atomic mass is 16.6. The molecule has 0 N–H and O–H groups in total. The number of nitrogens with zero attached hydrogens (tertiary/aromatic N) is 1. The molecule has 0 aromatic rings. The molecule has 1 aliphatic rings. The molecule has 1 aliphatic heterocycles. The lowest BCUT2D eigenvalue weighted by molar-refractivity contribution is 0.0690. The van der Waals surface area contributed by atoms with E-state index in [2.05, 4.69) is 18.3 Å². The summed E-state index contributed by atoms with van der Waals surface area (Å²) in [5.41, 5.74) is 0. The first kappa shape index (κ1) is 6.86. The molecule has 0 spiro atoms. The fraction of sp³-hybridized carbons (Fsp3) is 0.286. The third-order valence-corrected chi connectivity index (χ3v) is 1.12. The summed E-state index contributed by atoms with van der Waals surface area (Å²) < 4.78 is 10.2. The molecule has 0 fully saturated rings. The molecule has 10 heavy (non-hydrogen) atoms. The van der Waals surface area contributed by atoms with Crippen molar-refractivity contribution in [1.29, 1.82) is 0 Å². The lowest BCUT2D eigenvalue weighted by atomic mass is 10.4. The van der Waals surface area contributed by atoms with Gasteiger partial charge >= 0.3 is 0 Å². The summed E-state index contributed by atoms with van der Waals surface area (Å²) in [7, 11) is 0. The highest BCUT2D eigenvalue weighted by Gasteiger charge is 2.09. The maximum Gasteiger partial charge on any atom is 0.256 e. The van der Waals surface area contributed by atoms with Crippen LogP contribution in [0.4, 0.5) is 0 Å². The summed E-state index contributed by atoms with van der Waals surface area (Å²) in [6.07, 6.45) is 1.56. The van der Waals surface area contributed by atoms with Crippen LogP contribution in [0.2, 0.25) is 0 Å². The van der Waals surface area contributed by atoms with E-state index in [0.717, 1.165) is 0 Å². The van der Waals surface area contributed by atoms with Crippen molar-refractivity contribution >= 4 is 6.72 Å². The zero-order valence-electron chi connectivity index (χ0n) is 5.67. The maximum atomic E-state index is 5.13. The Bertz CT molecular complexity index is 164. The van der Waals surface area contributed by atoms with Crippen molar-refractivity contribution in [3.63, 3.8) is 0 Å². The Hall–Kier alpha value is -1.25. The first-order valence-corrected chi connectivity index (χ1v) is 2.97. The van der Waals surface area contributed by atoms with Crippen LogP contribution in [0, 0.1) is 0 Å². The van der Waals surface area contributed by atoms with Gasteiger partial charge in [-0.2, -0.15) is 0 Å². The molecular formula is C7H9NO2. The molecule has 1 rings (SSSR count). The summed E-state index contributed by atoms with van der Waals surface area (Å²) in [6.45, 7) is 7.94. The molecule has 0 bridgehead atoms. The smallest absolute Gasteiger partial charge is 0.256 e. The van der Waals surface area contributed by atoms with E-state index in [4.69, 9.17) is 9.47 Å². The Kier molecular flexibility index (Phi) is 2.10. The van der Waals surface area contributed by atoms with E-state index in [0.29, 0.717) is 24.9 Å². The molecule has 0 aromatic carbocycles. The highest BCUT2D eigenvalue weighted by Crippen LogP contribution is 2.14. The van der Waals surface area contributed by atoms with Crippen LogP contribution >= 0.6 is 0 Å². The number of hydrogen-bond acceptors (Lipinski definition) is 3. The molecule has 3 heteroatoms. The van der Waals surface area contributed by atoms with E-state index >= 15 is 0 Å². The standard InChI is InChI=1S/C7H9NO2/c1-3-6-7(8-2)10-5-4-9-6/h3H,1-2,4-5H2. The van der Waals surface area contributed by atoms with E-state index in [-0.39, 0.29) is 0 Å². The van der Waals surface area contributed by atoms with Gasteiger partial charge in [-0.25, -0.2) is 4.99 Å². The number of rotatable bonds is 2. The molecule has 0 atom stereocenters. The van der Waals surface area contributed by atoms with Gasteiger partial charge in [-0.3, -0.25) is 0 Å². The third-order valence-electron chi connectivity index (χ3n) is 1.12. The van der Waals surface area contributed by atoms with Gasteiger partial charge in [0.05, 0.1) is 0 Å². The number of allylic oxidation sites excluding steroid dienone is 1. The van der Waals surface area contributed by atoms with E-state index in [1.807, 2.05) is 0 Å². The fourth-order valence-electron chi connectivity index (χ4n) is 0.693. The maximum absolute atomic E-state index is 5.13. The van der Waals surface area contributed by atoms with Crippen molar-refractivity contribution in [2.45, 2.75) is 0 Å². The summed E-state index contributed by atoms with van der Waals surface area (Å²) in [4.78, 5) is 3.61. The van der Waals surface area contributed by atoms with Crippen LogP contribution in [0.1, 0.15) is 0 Å². The number of ether oxygens (including phenoxy) is 2. The first-order valence-electron chi connectivity index (χ1n) is 2.97. The molecule has 0 aromatic heterocycles. The Balaban J connectivity index is 2.81. The van der Waals surface area contributed by atoms with Crippen LogP contribution in [0.3, 0.4) is 0 Å². The fourth-order valence-corrected chi connectivity index (χ4v) is 0.693. The van der Waals surface area contributed by atoms with Crippen LogP contribution in [0.5, 0.6) is 0 Å². The molecule has 54 valence electrons. The average molecular weight is 139 g/mol. The predicted molar refractivity (Wildman–Crippen MR) is 38.7 cm³/mol. The van der Waals surface area contributed by atoms with Gasteiger partial charge in [0, 0.05) is 0 Å². The van der Waals surface area contributed by atoms with E-state index in [1.54, 1.807) is 6.08 Å². The van der Waals surface area contributed by atoms with Gasteiger partial charge in [-0.15, -0.1) is 0 Å². The second-order valence-corrected chi connectivity index (χ2v) is 1.73. The van der Waals surface area contributed by atoms with Crippen molar-refractivity contribution in [2.24, 2.45) is 4.99 Å². The number of aliphatic imine (C=N–C) groups is 1. The van der Waals surface area contributed by atoms with Crippen molar-refractivity contribution in [2.75, 3.05) is 13.2 Å². The molecular weight excluding hydrogens is 130 g/mol. The SMILES string of the molecule is C=CC1=C(N=C)OCCO1. The average Bonchev–Trinajstić information content (AvgIpc) is 2.04. The van der Waals surface area contributed by atoms with Gasteiger partial charge < -0.3 is 9.47 Å². The minimum atomic E-state index is 0.432. The second kappa shape index (κ2) is 3.06. The van der Waals surface area contributed by atoms with E-state index in [9.17, 15) is 0 Å². The molecule has 0 saturated carbocycles. The summed E-state index contributed by atoms with van der Waals surface area (Å²) >= 11 is 0. The van der Waals surface area contributed by atoms with E-state index < -0.39 is 0 Å². The van der Waals surface area contributed by atoms with Gasteiger partial charge in [0.15, 0.2) is 5.76 Å². The summed E-state index contributed by atoms with van der Waals surface area (Å²) in [5, 5.41) is 0. The Morgan fingerprint density at radius 2 is 2.10 bits per heavy atom. The molecule has 0 radical (unpaired) electrons. The lowest BCUT2D eigenvalue weighted by Gasteiger charge is -2.16. The first-order chi connectivity index (χ1) is 4.88. The van der Waals surface area contributed by atoms with Gasteiger partial charge in [0.2, 0.25) is 0 Å². The quantitative estimate of drug-likeness (QED) is 0.536. The highest BCUT2D eigenvalue weighted by molar-refractivity contribution is 5.30. The monoisotopic (exact) mass is 139 g/mol. The summed E-state index contributed by atoms with van der Waals surface area (Å²) in [5.74, 6) is 1.00. The van der Waals surface area contributed by atoms with Gasteiger partial charge in [-0.1, -0.05) is 6.58 Å². The lowest BCUT2D eigenvalue weighted by Crippen LogP contribution is -2.11. The van der Waals surface area contributed by atoms with Gasteiger partial charge in [-0.05, 0) is 12.8 Å². The molecule has 0 amide bonds. The normalized spacial score (nSPS) is 17.2. The zero-order valence-corrected chi connectivity index (χ0v) is 5.67. The zero-order chi connectivity index (χ0) is 7.40. The van der Waals surface area contributed by atoms with Crippen molar-refractivity contribution in [1.82, 2.24) is 0 Å². The van der Waals surface area contributed by atoms with Gasteiger partial charge in [0.25, 0.3) is 5.88 Å². The van der Waals surface area contributed by atoms with Crippen LogP contribution in [0.15, 0.2) is 29.3 Å². The largest absolute Gasteiger partial charge is 0.484 e. The third kappa shape index (κ3) is 1.18. The van der Waals surface area contributed by atoms with E-state index in [1.165, 1.54) is 0 Å². The topological polar surface area (TPSA) is 30.8 Å². The Morgan fingerprint density at radius 1 is 1.40 bits per heavy atom. The van der Waals surface area contributed by atoms with Crippen molar-refractivity contribution in [3.05, 3.63) is 24.3 Å². The minimum Gasteiger partial charge on any atom is -0.484 e. The molecule has 0 saturated heterocycles.